The van der Waals surface area contributed by atoms with Gasteiger partial charge in [0.2, 0.25) is 0 Å². The molecule has 1 aliphatic heterocycles. The molecule has 1 fully saturated rings. The molecule has 9 heteroatoms. The van der Waals surface area contributed by atoms with E-state index in [2.05, 4.69) is 0 Å². The maximum Gasteiger partial charge on any atom is 0.420 e. The first-order valence-electron chi connectivity index (χ1n) is 12.0. The highest BCUT2D eigenvalue weighted by atomic mass is 16.6. The molecule has 1 N–H and O–H groups in total. The number of para-hydroxylation sites is 1. The molecule has 196 valence electrons. The van der Waals surface area contributed by atoms with Crippen molar-refractivity contribution in [3.05, 3.63) is 30.3 Å². The van der Waals surface area contributed by atoms with Crippen molar-refractivity contribution in [1.82, 2.24) is 4.90 Å². The van der Waals surface area contributed by atoms with Crippen molar-refractivity contribution in [1.29, 1.82) is 0 Å². The molecular formula is C26H39NO8. The minimum absolute atomic E-state index is 0.140. The summed E-state index contributed by atoms with van der Waals surface area (Å²) < 4.78 is 22.5. The van der Waals surface area contributed by atoms with Crippen LogP contribution in [0.25, 0.3) is 0 Å². The molecule has 0 aliphatic carbocycles. The lowest BCUT2D eigenvalue weighted by Gasteiger charge is -2.35. The first-order valence-corrected chi connectivity index (χ1v) is 12.0. The minimum Gasteiger partial charge on any atom is -0.484 e. The Morgan fingerprint density at radius 1 is 0.943 bits per heavy atom. The zero-order valence-electron chi connectivity index (χ0n) is 21.8. The molecule has 0 bridgehead atoms. The Bertz CT molecular complexity index is 830. The van der Waals surface area contributed by atoms with Gasteiger partial charge in [-0.25, -0.2) is 14.4 Å². The van der Waals surface area contributed by atoms with Gasteiger partial charge in [0.05, 0.1) is 6.10 Å². The van der Waals surface area contributed by atoms with Gasteiger partial charge in [-0.3, -0.25) is 0 Å². The molecule has 4 atom stereocenters. The van der Waals surface area contributed by atoms with Crippen LogP contribution in [0.4, 0.5) is 9.59 Å². The summed E-state index contributed by atoms with van der Waals surface area (Å²) in [6.07, 6.45) is -3.03. The highest BCUT2D eigenvalue weighted by Gasteiger charge is 2.43. The Morgan fingerprint density at radius 3 is 1.97 bits per heavy atom. The van der Waals surface area contributed by atoms with E-state index in [0.29, 0.717) is 29.9 Å². The third kappa shape index (κ3) is 9.05. The van der Waals surface area contributed by atoms with Gasteiger partial charge < -0.3 is 24.1 Å². The average molecular weight is 494 g/mol. The number of carbonyl (C=O) groups excluding carboxylic acids is 3. The SMILES string of the molecule is C[C@@H]1OC(=O)[C@@H](N(C(=O)OC(C)(C)C)C(=O)OC(C)(C)C)CCCC[C@H](O)[C@H]1Oc1ccccc1. The molecule has 0 aromatic heterocycles. The van der Waals surface area contributed by atoms with Crippen molar-refractivity contribution >= 4 is 18.2 Å². The predicted octanol–water partition coefficient (Wildman–Crippen LogP) is 4.84. The fourth-order valence-electron chi connectivity index (χ4n) is 3.63. The Hall–Kier alpha value is -2.81. The van der Waals surface area contributed by atoms with Crippen molar-refractivity contribution < 1.29 is 38.4 Å². The normalized spacial score (nSPS) is 24.1. The van der Waals surface area contributed by atoms with E-state index in [1.807, 2.05) is 6.07 Å². The standard InChI is InChI=1S/C26H39NO8/c1-17-21(33-18-13-9-8-10-14-18)20(28)16-12-11-15-19(22(29)32-17)27(23(30)34-25(2,3)4)24(31)35-26(5,6)7/h8-10,13-14,17,19-21,28H,11-12,15-16H2,1-7H3/t17-,19-,20-,21-/m0/s1. The lowest BCUT2D eigenvalue weighted by atomic mass is 9.98. The lowest BCUT2D eigenvalue weighted by molar-refractivity contribution is -0.163. The molecular weight excluding hydrogens is 454 g/mol. The number of cyclic esters (lactones) is 1. The molecule has 1 aromatic carbocycles. The van der Waals surface area contributed by atoms with E-state index in [1.165, 1.54) is 0 Å². The van der Waals surface area contributed by atoms with E-state index >= 15 is 0 Å². The fraction of sp³-hybridized carbons (Fsp3) is 0.654. The van der Waals surface area contributed by atoms with Crippen LogP contribution in [-0.4, -0.2) is 63.7 Å². The summed E-state index contributed by atoms with van der Waals surface area (Å²) in [5, 5.41) is 10.7. The van der Waals surface area contributed by atoms with Crippen molar-refractivity contribution in [2.45, 2.75) is 110 Å². The van der Waals surface area contributed by atoms with Gasteiger partial charge in [-0.2, -0.15) is 4.90 Å². The second kappa shape index (κ2) is 11.7. The van der Waals surface area contributed by atoms with Crippen molar-refractivity contribution in [2.75, 3.05) is 0 Å². The molecule has 35 heavy (non-hydrogen) atoms. The molecule has 2 rings (SSSR count). The number of nitrogens with zero attached hydrogens (tertiary/aromatic N) is 1. The Kier molecular flexibility index (Phi) is 9.54. The summed E-state index contributed by atoms with van der Waals surface area (Å²) in [6, 6.07) is 7.68. The highest BCUT2D eigenvalue weighted by Crippen LogP contribution is 2.25. The number of benzene rings is 1. The second-order valence-corrected chi connectivity index (χ2v) is 10.7. The van der Waals surface area contributed by atoms with Gasteiger partial charge in [-0.05, 0) is 73.4 Å². The molecule has 9 nitrogen and oxygen atoms in total. The molecule has 0 radical (unpaired) electrons. The van der Waals surface area contributed by atoms with Gasteiger partial charge >= 0.3 is 18.2 Å². The van der Waals surface area contributed by atoms with Crippen molar-refractivity contribution in [3.8, 4) is 5.75 Å². The number of hydrogen-bond acceptors (Lipinski definition) is 8. The summed E-state index contributed by atoms with van der Waals surface area (Å²) in [5.41, 5.74) is -1.80. The van der Waals surface area contributed by atoms with E-state index in [1.54, 1.807) is 72.7 Å². The van der Waals surface area contributed by atoms with Crippen LogP contribution in [0.2, 0.25) is 0 Å². The molecule has 1 aliphatic rings. The smallest absolute Gasteiger partial charge is 0.420 e. The number of esters is 1. The van der Waals surface area contributed by atoms with Crippen LogP contribution in [0.3, 0.4) is 0 Å². The number of carbonyl (C=O) groups is 3. The van der Waals surface area contributed by atoms with Gasteiger partial charge in [0.15, 0.2) is 6.10 Å². The third-order valence-electron chi connectivity index (χ3n) is 5.15. The number of rotatable bonds is 3. The van der Waals surface area contributed by atoms with Gasteiger partial charge in [-0.1, -0.05) is 31.0 Å². The summed E-state index contributed by atoms with van der Waals surface area (Å²) in [4.78, 5) is 40.1. The summed E-state index contributed by atoms with van der Waals surface area (Å²) in [7, 11) is 0. The van der Waals surface area contributed by atoms with E-state index in [-0.39, 0.29) is 6.42 Å². The average Bonchev–Trinajstić information content (AvgIpc) is 2.71. The number of hydrogen-bond donors (Lipinski definition) is 1. The van der Waals surface area contributed by atoms with Crippen LogP contribution in [0, 0.1) is 0 Å². The number of aliphatic hydroxyl groups excluding tert-OH is 1. The molecule has 1 aromatic rings. The van der Waals surface area contributed by atoms with E-state index in [9.17, 15) is 19.5 Å². The second-order valence-electron chi connectivity index (χ2n) is 10.7. The van der Waals surface area contributed by atoms with Crippen LogP contribution in [0.1, 0.15) is 74.1 Å². The number of aliphatic hydroxyl groups is 1. The third-order valence-corrected chi connectivity index (χ3v) is 5.15. The molecule has 0 saturated carbocycles. The van der Waals surface area contributed by atoms with Crippen LogP contribution in [-0.2, 0) is 19.0 Å². The quantitative estimate of drug-likeness (QED) is 0.470. The molecule has 1 saturated heterocycles. The molecule has 1 heterocycles. The first-order chi connectivity index (χ1) is 16.2. The Labute approximate surface area is 207 Å². The van der Waals surface area contributed by atoms with Crippen molar-refractivity contribution in [3.63, 3.8) is 0 Å². The minimum atomic E-state index is -1.25. The number of imide groups is 1. The summed E-state index contributed by atoms with van der Waals surface area (Å²) in [6.45, 7) is 11.6. The zero-order valence-corrected chi connectivity index (χ0v) is 21.8. The highest BCUT2D eigenvalue weighted by molar-refractivity contribution is 5.94. The predicted molar refractivity (Wildman–Crippen MR) is 129 cm³/mol. The van der Waals surface area contributed by atoms with Crippen LogP contribution in [0.15, 0.2) is 30.3 Å². The maximum atomic E-state index is 13.3. The van der Waals surface area contributed by atoms with E-state index in [4.69, 9.17) is 18.9 Å². The summed E-state index contributed by atoms with van der Waals surface area (Å²) in [5.74, 6) is -0.276. The zero-order chi connectivity index (χ0) is 26.4. The van der Waals surface area contributed by atoms with E-state index < -0.39 is 53.7 Å². The van der Waals surface area contributed by atoms with Crippen LogP contribution in [0.5, 0.6) is 5.75 Å². The van der Waals surface area contributed by atoms with Crippen molar-refractivity contribution in [2.24, 2.45) is 0 Å². The van der Waals surface area contributed by atoms with Gasteiger partial charge in [0.1, 0.15) is 29.1 Å². The van der Waals surface area contributed by atoms with Gasteiger partial charge in [0, 0.05) is 0 Å². The molecule has 0 unspecified atom stereocenters. The van der Waals surface area contributed by atoms with E-state index in [0.717, 1.165) is 0 Å². The van der Waals surface area contributed by atoms with Gasteiger partial charge in [-0.15, -0.1) is 0 Å². The Balaban J connectivity index is 2.33. The maximum absolute atomic E-state index is 13.3. The lowest BCUT2D eigenvalue weighted by Crippen LogP contribution is -2.54. The van der Waals surface area contributed by atoms with Crippen LogP contribution >= 0.6 is 0 Å². The number of ether oxygens (including phenoxy) is 4. The molecule has 2 amide bonds. The largest absolute Gasteiger partial charge is 0.484 e. The summed E-state index contributed by atoms with van der Waals surface area (Å²) >= 11 is 0. The fourth-order valence-corrected chi connectivity index (χ4v) is 3.63. The topological polar surface area (TPSA) is 112 Å². The number of amides is 2. The monoisotopic (exact) mass is 493 g/mol. The first kappa shape index (κ1) is 28.4. The molecule has 0 spiro atoms. The van der Waals surface area contributed by atoms with Gasteiger partial charge in [0.25, 0.3) is 0 Å². The van der Waals surface area contributed by atoms with Crippen LogP contribution < -0.4 is 4.74 Å². The Morgan fingerprint density at radius 2 is 1.46 bits per heavy atom.